The summed E-state index contributed by atoms with van der Waals surface area (Å²) in [5.74, 6) is -1.03. The Balaban J connectivity index is 1.80. The number of esters is 1. The van der Waals surface area contributed by atoms with Gasteiger partial charge in [-0.05, 0) is 56.0 Å². The molecule has 2 rings (SSSR count). The van der Waals surface area contributed by atoms with Gasteiger partial charge >= 0.3 is 5.97 Å². The van der Waals surface area contributed by atoms with Gasteiger partial charge in [-0.2, -0.15) is 0 Å². The Hall–Kier alpha value is -3.15. The fraction of sp³-hybridized carbons (Fsp3) is 0.348. The number of hydrogen-bond donors (Lipinski definition) is 2. The summed E-state index contributed by atoms with van der Waals surface area (Å²) in [5.41, 5.74) is 3.25. The monoisotopic (exact) mass is 396 g/mol. The number of benzene rings is 2. The van der Waals surface area contributed by atoms with Crippen LogP contribution in [0.15, 0.2) is 48.5 Å². The van der Waals surface area contributed by atoms with Crippen LogP contribution in [0.2, 0.25) is 0 Å². The molecule has 2 atom stereocenters. The smallest absolute Gasteiger partial charge is 0.328 e. The molecule has 0 bridgehead atoms. The van der Waals surface area contributed by atoms with E-state index in [0.717, 1.165) is 12.0 Å². The van der Waals surface area contributed by atoms with Crippen molar-refractivity contribution in [3.63, 3.8) is 0 Å². The average Bonchev–Trinajstić information content (AvgIpc) is 2.71. The third-order valence-electron chi connectivity index (χ3n) is 4.70. The molecule has 29 heavy (non-hydrogen) atoms. The second kappa shape index (κ2) is 10.4. The van der Waals surface area contributed by atoms with Gasteiger partial charge in [-0.1, -0.05) is 43.7 Å². The van der Waals surface area contributed by atoms with Gasteiger partial charge in [-0.3, -0.25) is 9.59 Å². The molecule has 2 amide bonds. The predicted molar refractivity (Wildman–Crippen MR) is 113 cm³/mol. The number of carbonyl (C=O) groups excluding carboxylic acids is 3. The Bertz CT molecular complexity index is 861. The molecule has 2 aromatic carbocycles. The lowest BCUT2D eigenvalue weighted by molar-refractivity contribution is -0.148. The third kappa shape index (κ3) is 6.75. The number of carbonyl (C=O) groups is 3. The van der Waals surface area contributed by atoms with Crippen LogP contribution in [0, 0.1) is 6.92 Å². The van der Waals surface area contributed by atoms with Crippen molar-refractivity contribution in [2.45, 2.75) is 46.1 Å². The molecule has 2 N–H and O–H groups in total. The molecule has 0 unspecified atom stereocenters. The molecule has 6 nitrogen and oxygen atoms in total. The Labute approximate surface area is 171 Å². The molecule has 6 heteroatoms. The van der Waals surface area contributed by atoms with E-state index in [-0.39, 0.29) is 5.91 Å². The molecule has 0 saturated heterocycles. The normalized spacial score (nSPS) is 12.6. The van der Waals surface area contributed by atoms with Crippen LogP contribution in [0.4, 0.5) is 5.69 Å². The van der Waals surface area contributed by atoms with Gasteiger partial charge in [-0.15, -0.1) is 0 Å². The summed E-state index contributed by atoms with van der Waals surface area (Å²) in [6.07, 6.45) is 1.04. The summed E-state index contributed by atoms with van der Waals surface area (Å²) in [7, 11) is 0. The number of amides is 2. The molecule has 2 aromatic rings. The highest BCUT2D eigenvalue weighted by atomic mass is 16.5. The molecule has 0 aromatic heterocycles. The summed E-state index contributed by atoms with van der Waals surface area (Å²) in [6.45, 7) is 7.24. The molecule has 154 valence electrons. The highest BCUT2D eigenvalue weighted by Gasteiger charge is 2.19. The largest absolute Gasteiger partial charge is 0.454 e. The Morgan fingerprint density at radius 1 is 1.03 bits per heavy atom. The zero-order chi connectivity index (χ0) is 21.4. The van der Waals surface area contributed by atoms with Gasteiger partial charge in [0.25, 0.3) is 11.8 Å². The van der Waals surface area contributed by atoms with Gasteiger partial charge in [0, 0.05) is 11.3 Å². The molecule has 0 fully saturated rings. The van der Waals surface area contributed by atoms with Crippen LogP contribution in [-0.2, 0) is 14.3 Å². The Morgan fingerprint density at radius 3 is 2.34 bits per heavy atom. The summed E-state index contributed by atoms with van der Waals surface area (Å²) in [5, 5.41) is 5.26. The van der Waals surface area contributed by atoms with E-state index < -0.39 is 24.5 Å². The molecule has 0 radical (unpaired) electrons. The van der Waals surface area contributed by atoms with Crippen molar-refractivity contribution in [1.29, 1.82) is 0 Å². The van der Waals surface area contributed by atoms with E-state index in [9.17, 15) is 14.4 Å². The maximum Gasteiger partial charge on any atom is 0.328 e. The predicted octanol–water partition coefficient (Wildman–Crippen LogP) is 3.81. The number of ether oxygens (including phenoxy) is 1. The van der Waals surface area contributed by atoms with Gasteiger partial charge < -0.3 is 15.4 Å². The lowest BCUT2D eigenvalue weighted by Gasteiger charge is -2.14. The summed E-state index contributed by atoms with van der Waals surface area (Å²) in [4.78, 5) is 36.3. The van der Waals surface area contributed by atoms with E-state index in [1.807, 2.05) is 37.3 Å². The van der Waals surface area contributed by atoms with Crippen LogP contribution < -0.4 is 10.6 Å². The summed E-state index contributed by atoms with van der Waals surface area (Å²) < 4.78 is 5.01. The third-order valence-corrected chi connectivity index (χ3v) is 4.70. The van der Waals surface area contributed by atoms with Crippen molar-refractivity contribution in [1.82, 2.24) is 5.32 Å². The Kier molecular flexibility index (Phi) is 7.95. The first kappa shape index (κ1) is 22.1. The topological polar surface area (TPSA) is 84.5 Å². The van der Waals surface area contributed by atoms with Crippen molar-refractivity contribution in [3.8, 4) is 0 Å². The van der Waals surface area contributed by atoms with Gasteiger partial charge in [0.2, 0.25) is 0 Å². The van der Waals surface area contributed by atoms with Crippen molar-refractivity contribution in [2.24, 2.45) is 0 Å². The van der Waals surface area contributed by atoms with Crippen LogP contribution in [0.3, 0.4) is 0 Å². The second-order valence-corrected chi connectivity index (χ2v) is 7.15. The quantitative estimate of drug-likeness (QED) is 0.665. The van der Waals surface area contributed by atoms with Crippen LogP contribution in [0.1, 0.15) is 54.6 Å². The number of aryl methyl sites for hydroxylation is 1. The number of rotatable bonds is 8. The van der Waals surface area contributed by atoms with E-state index in [2.05, 4.69) is 24.5 Å². The van der Waals surface area contributed by atoms with Crippen LogP contribution in [0.25, 0.3) is 0 Å². The summed E-state index contributed by atoms with van der Waals surface area (Å²) in [6, 6.07) is 13.8. The maximum absolute atomic E-state index is 12.2. The summed E-state index contributed by atoms with van der Waals surface area (Å²) >= 11 is 0. The zero-order valence-corrected chi connectivity index (χ0v) is 17.3. The van der Waals surface area contributed by atoms with E-state index in [4.69, 9.17) is 4.74 Å². The second-order valence-electron chi connectivity index (χ2n) is 7.15. The maximum atomic E-state index is 12.2. The van der Waals surface area contributed by atoms with E-state index in [0.29, 0.717) is 17.2 Å². The first-order valence-electron chi connectivity index (χ1n) is 9.74. The lowest BCUT2D eigenvalue weighted by atomic mass is 9.99. The minimum absolute atomic E-state index is 0.371. The number of nitrogens with one attached hydrogen (secondary N) is 2. The molecular formula is C23H28N2O4. The minimum atomic E-state index is -0.870. The van der Waals surface area contributed by atoms with Crippen molar-refractivity contribution in [2.75, 3.05) is 11.9 Å². The van der Waals surface area contributed by atoms with Gasteiger partial charge in [0.1, 0.15) is 6.04 Å². The molecule has 0 saturated carbocycles. The number of hydrogen-bond acceptors (Lipinski definition) is 4. The Morgan fingerprint density at radius 2 is 1.72 bits per heavy atom. The first-order valence-corrected chi connectivity index (χ1v) is 9.74. The van der Waals surface area contributed by atoms with Crippen LogP contribution in [0.5, 0.6) is 0 Å². The SMILES string of the molecule is CC[C@@H](C)c1ccc(NC(=O)COC(=O)[C@H](C)NC(=O)c2cccc(C)c2)cc1. The highest BCUT2D eigenvalue weighted by Crippen LogP contribution is 2.20. The van der Waals surface area contributed by atoms with Crippen LogP contribution >= 0.6 is 0 Å². The van der Waals surface area contributed by atoms with E-state index >= 15 is 0 Å². The van der Waals surface area contributed by atoms with E-state index in [1.165, 1.54) is 12.5 Å². The van der Waals surface area contributed by atoms with Gasteiger partial charge in [0.15, 0.2) is 6.61 Å². The molecule has 0 aliphatic carbocycles. The lowest BCUT2D eigenvalue weighted by Crippen LogP contribution is -2.40. The molecule has 0 spiro atoms. The molecule has 0 aliphatic heterocycles. The van der Waals surface area contributed by atoms with Gasteiger partial charge in [-0.25, -0.2) is 4.79 Å². The van der Waals surface area contributed by atoms with Crippen LogP contribution in [-0.4, -0.2) is 30.4 Å². The van der Waals surface area contributed by atoms with Crippen molar-refractivity contribution < 1.29 is 19.1 Å². The number of anilines is 1. The standard InChI is InChI=1S/C23H28N2O4/c1-5-16(3)18-9-11-20(12-10-18)25-21(26)14-29-23(28)17(4)24-22(27)19-8-6-7-15(2)13-19/h6-13,16-17H,5,14H2,1-4H3,(H,24,27)(H,25,26)/t16-,17+/m1/s1. The van der Waals surface area contributed by atoms with Gasteiger partial charge in [0.05, 0.1) is 0 Å². The highest BCUT2D eigenvalue weighted by molar-refractivity contribution is 5.97. The fourth-order valence-electron chi connectivity index (χ4n) is 2.71. The fourth-order valence-corrected chi connectivity index (χ4v) is 2.71. The zero-order valence-electron chi connectivity index (χ0n) is 17.3. The minimum Gasteiger partial charge on any atom is -0.454 e. The average molecular weight is 396 g/mol. The van der Waals surface area contributed by atoms with Crippen molar-refractivity contribution in [3.05, 3.63) is 65.2 Å². The van der Waals surface area contributed by atoms with Crippen molar-refractivity contribution >= 4 is 23.5 Å². The first-order chi connectivity index (χ1) is 13.8. The molecular weight excluding hydrogens is 368 g/mol. The molecule has 0 aliphatic rings. The van der Waals surface area contributed by atoms with E-state index in [1.54, 1.807) is 18.2 Å². The molecule has 0 heterocycles.